The van der Waals surface area contributed by atoms with E-state index in [9.17, 15) is 0 Å². The summed E-state index contributed by atoms with van der Waals surface area (Å²) in [5.41, 5.74) is 1.22. The molecule has 0 amide bonds. The Morgan fingerprint density at radius 3 is 2.65 bits per heavy atom. The molecular formula is C15H24N2. The second-order valence-corrected chi connectivity index (χ2v) is 5.66. The number of pyridine rings is 1. The molecule has 2 nitrogen and oxygen atoms in total. The van der Waals surface area contributed by atoms with Crippen molar-refractivity contribution in [3.05, 3.63) is 23.9 Å². The Morgan fingerprint density at radius 2 is 2.00 bits per heavy atom. The van der Waals surface area contributed by atoms with Crippen molar-refractivity contribution in [3.8, 4) is 0 Å². The lowest BCUT2D eigenvalue weighted by Gasteiger charge is -2.35. The molecule has 2 heteroatoms. The Balaban J connectivity index is 2.02. The molecule has 94 valence electrons. The molecular weight excluding hydrogens is 208 g/mol. The van der Waals surface area contributed by atoms with Gasteiger partial charge >= 0.3 is 0 Å². The molecule has 17 heavy (non-hydrogen) atoms. The number of nitrogens with one attached hydrogen (secondary N) is 1. The Bertz CT molecular complexity index is 342. The fourth-order valence-corrected chi connectivity index (χ4v) is 2.88. The SMILES string of the molecule is Cc1ccc(NC2CCCCC2C(C)C)nc1. The van der Waals surface area contributed by atoms with Crippen molar-refractivity contribution in [2.45, 2.75) is 52.5 Å². The summed E-state index contributed by atoms with van der Waals surface area (Å²) in [5.74, 6) is 2.60. The maximum absolute atomic E-state index is 4.46. The molecule has 1 N–H and O–H groups in total. The molecule has 1 aliphatic rings. The van der Waals surface area contributed by atoms with Crippen molar-refractivity contribution in [2.75, 3.05) is 5.32 Å². The average Bonchev–Trinajstić information content (AvgIpc) is 2.32. The summed E-state index contributed by atoms with van der Waals surface area (Å²) >= 11 is 0. The Kier molecular flexibility index (Phi) is 4.03. The van der Waals surface area contributed by atoms with Gasteiger partial charge in [0.05, 0.1) is 0 Å². The lowest BCUT2D eigenvalue weighted by atomic mass is 9.78. The largest absolute Gasteiger partial charge is 0.367 e. The smallest absolute Gasteiger partial charge is 0.126 e. The van der Waals surface area contributed by atoms with E-state index in [2.05, 4.69) is 43.2 Å². The fraction of sp³-hybridized carbons (Fsp3) is 0.667. The highest BCUT2D eigenvalue weighted by Crippen LogP contribution is 2.31. The summed E-state index contributed by atoms with van der Waals surface area (Å²) in [6.07, 6.45) is 7.34. The molecule has 1 saturated carbocycles. The maximum Gasteiger partial charge on any atom is 0.126 e. The molecule has 2 unspecified atom stereocenters. The first-order valence-corrected chi connectivity index (χ1v) is 6.86. The highest BCUT2D eigenvalue weighted by atomic mass is 15.0. The van der Waals surface area contributed by atoms with Gasteiger partial charge in [-0.3, -0.25) is 0 Å². The van der Waals surface area contributed by atoms with E-state index in [1.165, 1.54) is 31.2 Å². The van der Waals surface area contributed by atoms with E-state index < -0.39 is 0 Å². The van der Waals surface area contributed by atoms with Crippen molar-refractivity contribution >= 4 is 5.82 Å². The fourth-order valence-electron chi connectivity index (χ4n) is 2.88. The highest BCUT2D eigenvalue weighted by molar-refractivity contribution is 5.36. The molecule has 1 aromatic rings. The number of aryl methyl sites for hydroxylation is 1. The summed E-state index contributed by atoms with van der Waals surface area (Å²) in [5, 5.41) is 3.63. The molecule has 0 spiro atoms. The van der Waals surface area contributed by atoms with Gasteiger partial charge in [0, 0.05) is 12.2 Å². The third-order valence-corrected chi connectivity index (χ3v) is 3.92. The van der Waals surface area contributed by atoms with Crippen LogP contribution in [0.5, 0.6) is 0 Å². The van der Waals surface area contributed by atoms with Gasteiger partial charge in [-0.15, -0.1) is 0 Å². The topological polar surface area (TPSA) is 24.9 Å². The zero-order chi connectivity index (χ0) is 12.3. The summed E-state index contributed by atoms with van der Waals surface area (Å²) in [4.78, 5) is 4.46. The first kappa shape index (κ1) is 12.4. The van der Waals surface area contributed by atoms with Crippen molar-refractivity contribution in [1.82, 2.24) is 4.98 Å². The zero-order valence-electron chi connectivity index (χ0n) is 11.2. The monoisotopic (exact) mass is 232 g/mol. The van der Waals surface area contributed by atoms with Crippen LogP contribution < -0.4 is 5.32 Å². The van der Waals surface area contributed by atoms with E-state index in [0.29, 0.717) is 6.04 Å². The molecule has 1 heterocycles. The quantitative estimate of drug-likeness (QED) is 0.851. The van der Waals surface area contributed by atoms with Crippen LogP contribution in [-0.2, 0) is 0 Å². The predicted octanol–water partition coefficient (Wildman–Crippen LogP) is 4.02. The van der Waals surface area contributed by atoms with Crippen LogP contribution in [0.4, 0.5) is 5.82 Å². The molecule has 0 aromatic carbocycles. The van der Waals surface area contributed by atoms with Crippen LogP contribution in [0.15, 0.2) is 18.3 Å². The van der Waals surface area contributed by atoms with Crippen LogP contribution in [0.1, 0.15) is 45.1 Å². The van der Waals surface area contributed by atoms with Crippen LogP contribution in [0.3, 0.4) is 0 Å². The van der Waals surface area contributed by atoms with Gasteiger partial charge in [0.15, 0.2) is 0 Å². The Labute approximate surface area is 105 Å². The number of anilines is 1. The Hall–Kier alpha value is -1.05. The van der Waals surface area contributed by atoms with E-state index >= 15 is 0 Å². The molecule has 2 rings (SSSR count). The van der Waals surface area contributed by atoms with Gasteiger partial charge in [0.25, 0.3) is 0 Å². The maximum atomic E-state index is 4.46. The Morgan fingerprint density at radius 1 is 1.24 bits per heavy atom. The van der Waals surface area contributed by atoms with Gasteiger partial charge in [-0.2, -0.15) is 0 Å². The zero-order valence-corrected chi connectivity index (χ0v) is 11.2. The van der Waals surface area contributed by atoms with Crippen molar-refractivity contribution in [3.63, 3.8) is 0 Å². The second-order valence-electron chi connectivity index (χ2n) is 5.66. The van der Waals surface area contributed by atoms with Crippen molar-refractivity contribution in [1.29, 1.82) is 0 Å². The number of hydrogen-bond donors (Lipinski definition) is 1. The van der Waals surface area contributed by atoms with Gasteiger partial charge in [0.2, 0.25) is 0 Å². The van der Waals surface area contributed by atoms with Crippen molar-refractivity contribution < 1.29 is 0 Å². The summed E-state index contributed by atoms with van der Waals surface area (Å²) in [6.45, 7) is 6.76. The van der Waals surface area contributed by atoms with Crippen LogP contribution in [0.2, 0.25) is 0 Å². The molecule has 1 aromatic heterocycles. The van der Waals surface area contributed by atoms with Gasteiger partial charge in [0.1, 0.15) is 5.82 Å². The summed E-state index contributed by atoms with van der Waals surface area (Å²) in [6, 6.07) is 4.84. The van der Waals surface area contributed by atoms with E-state index in [1.54, 1.807) is 0 Å². The second kappa shape index (κ2) is 5.52. The molecule has 1 fully saturated rings. The van der Waals surface area contributed by atoms with Crippen molar-refractivity contribution in [2.24, 2.45) is 11.8 Å². The number of nitrogens with zero attached hydrogens (tertiary/aromatic N) is 1. The lowest BCUT2D eigenvalue weighted by molar-refractivity contribution is 0.253. The van der Waals surface area contributed by atoms with Crippen LogP contribution in [-0.4, -0.2) is 11.0 Å². The van der Waals surface area contributed by atoms with Crippen LogP contribution in [0, 0.1) is 18.8 Å². The van der Waals surface area contributed by atoms with Crippen LogP contribution in [0.25, 0.3) is 0 Å². The van der Waals surface area contributed by atoms with Gasteiger partial charge in [-0.05, 0) is 43.2 Å². The minimum absolute atomic E-state index is 0.610. The first-order valence-electron chi connectivity index (χ1n) is 6.86. The standard InChI is InChI=1S/C15H24N2/c1-11(2)13-6-4-5-7-14(13)17-15-9-8-12(3)10-16-15/h8-11,13-14H,4-7H2,1-3H3,(H,16,17). The summed E-state index contributed by atoms with van der Waals surface area (Å²) in [7, 11) is 0. The summed E-state index contributed by atoms with van der Waals surface area (Å²) < 4.78 is 0. The average molecular weight is 232 g/mol. The molecule has 1 aliphatic carbocycles. The third kappa shape index (κ3) is 3.21. The predicted molar refractivity (Wildman–Crippen MR) is 73.2 cm³/mol. The highest BCUT2D eigenvalue weighted by Gasteiger charge is 2.27. The minimum Gasteiger partial charge on any atom is -0.367 e. The molecule has 0 radical (unpaired) electrons. The van der Waals surface area contributed by atoms with E-state index in [4.69, 9.17) is 0 Å². The molecule has 2 atom stereocenters. The van der Waals surface area contributed by atoms with E-state index in [0.717, 1.165) is 17.7 Å². The number of rotatable bonds is 3. The normalized spacial score (nSPS) is 24.9. The third-order valence-electron chi connectivity index (χ3n) is 3.92. The van der Waals surface area contributed by atoms with Crippen LogP contribution >= 0.6 is 0 Å². The lowest BCUT2D eigenvalue weighted by Crippen LogP contribution is -2.35. The molecule has 0 bridgehead atoms. The first-order chi connectivity index (χ1) is 8.16. The van der Waals surface area contributed by atoms with Gasteiger partial charge in [-0.25, -0.2) is 4.98 Å². The minimum atomic E-state index is 0.610. The number of hydrogen-bond acceptors (Lipinski definition) is 2. The molecule has 0 saturated heterocycles. The van der Waals surface area contributed by atoms with E-state index in [-0.39, 0.29) is 0 Å². The number of aromatic nitrogens is 1. The van der Waals surface area contributed by atoms with E-state index in [1.807, 2.05) is 6.20 Å². The van der Waals surface area contributed by atoms with Gasteiger partial charge < -0.3 is 5.32 Å². The molecule has 0 aliphatic heterocycles. The van der Waals surface area contributed by atoms with Gasteiger partial charge in [-0.1, -0.05) is 32.8 Å².